The number of hydrogen-bond donors (Lipinski definition) is 1. The molecule has 1 aliphatic rings. The molecule has 0 spiro atoms. The highest BCUT2D eigenvalue weighted by Crippen LogP contribution is 2.55. The lowest BCUT2D eigenvalue weighted by Gasteiger charge is -2.42. The normalized spacial score (nSPS) is 28.1. The molecule has 1 aromatic carbocycles. The lowest BCUT2D eigenvalue weighted by Crippen LogP contribution is -2.50. The fraction of sp³-hybridized carbons (Fsp3) is 0.556. The van der Waals surface area contributed by atoms with Crippen LogP contribution in [0.1, 0.15) is 52.1 Å². The van der Waals surface area contributed by atoms with Crippen LogP contribution < -0.4 is 10.4 Å². The monoisotopic (exact) mass is 302 g/mol. The number of amides is 1. The Morgan fingerprint density at radius 1 is 1.23 bits per heavy atom. The molecule has 0 aliphatic heterocycles. The SMILES string of the molecule is CC(NC(=O)C1CCC(C)(C(=O)[O-])C1(C)C)c1ccccc1. The van der Waals surface area contributed by atoms with Gasteiger partial charge in [0.1, 0.15) is 0 Å². The maximum atomic E-state index is 12.6. The van der Waals surface area contributed by atoms with E-state index in [-0.39, 0.29) is 17.9 Å². The molecule has 1 N–H and O–H groups in total. The molecular formula is C18H24NO3-. The molecule has 0 aromatic heterocycles. The predicted molar refractivity (Wildman–Crippen MR) is 82.6 cm³/mol. The minimum atomic E-state index is -1.07. The molecule has 4 nitrogen and oxygen atoms in total. The molecule has 4 heteroatoms. The van der Waals surface area contributed by atoms with E-state index >= 15 is 0 Å². The third kappa shape index (κ3) is 2.62. The van der Waals surface area contributed by atoms with Gasteiger partial charge in [0, 0.05) is 17.3 Å². The molecule has 0 heterocycles. The maximum absolute atomic E-state index is 12.6. The first-order valence-corrected chi connectivity index (χ1v) is 7.77. The highest BCUT2D eigenvalue weighted by atomic mass is 16.4. The van der Waals surface area contributed by atoms with E-state index in [4.69, 9.17) is 0 Å². The van der Waals surface area contributed by atoms with Gasteiger partial charge in [0.05, 0.1) is 6.04 Å². The zero-order valence-electron chi connectivity index (χ0n) is 13.7. The Balaban J connectivity index is 2.13. The van der Waals surface area contributed by atoms with Crippen molar-refractivity contribution in [1.82, 2.24) is 5.32 Å². The number of nitrogens with one attached hydrogen (secondary N) is 1. The number of carboxylic acids is 1. The Labute approximate surface area is 131 Å². The predicted octanol–water partition coefficient (Wildman–Crippen LogP) is 2.06. The quantitative estimate of drug-likeness (QED) is 0.925. The standard InChI is InChI=1S/C18H25NO3/c1-12(13-8-6-5-7-9-13)19-15(20)14-10-11-18(4,16(21)22)17(14,2)3/h5-9,12,14H,10-11H2,1-4H3,(H,19,20)(H,21,22)/p-1. The van der Waals surface area contributed by atoms with Crippen LogP contribution in [0.5, 0.6) is 0 Å². The maximum Gasteiger partial charge on any atom is 0.224 e. The second-order valence-corrected chi connectivity index (χ2v) is 7.07. The van der Waals surface area contributed by atoms with E-state index in [2.05, 4.69) is 5.32 Å². The van der Waals surface area contributed by atoms with Crippen LogP contribution >= 0.6 is 0 Å². The lowest BCUT2D eigenvalue weighted by molar-refractivity contribution is -0.323. The van der Waals surface area contributed by atoms with Gasteiger partial charge < -0.3 is 15.2 Å². The van der Waals surface area contributed by atoms with Gasteiger partial charge in [0.25, 0.3) is 0 Å². The van der Waals surface area contributed by atoms with Crippen LogP contribution in [0.3, 0.4) is 0 Å². The molecule has 0 bridgehead atoms. The van der Waals surface area contributed by atoms with Crippen LogP contribution in [0.4, 0.5) is 0 Å². The summed E-state index contributed by atoms with van der Waals surface area (Å²) in [5, 5.41) is 14.5. The average molecular weight is 302 g/mol. The Morgan fingerprint density at radius 2 is 1.82 bits per heavy atom. The number of rotatable bonds is 4. The summed E-state index contributed by atoms with van der Waals surface area (Å²) in [6, 6.07) is 9.64. The zero-order valence-corrected chi connectivity index (χ0v) is 13.7. The van der Waals surface area contributed by atoms with E-state index in [1.807, 2.05) is 51.1 Å². The molecule has 3 unspecified atom stereocenters. The molecular weight excluding hydrogens is 278 g/mol. The first-order valence-electron chi connectivity index (χ1n) is 7.77. The van der Waals surface area contributed by atoms with E-state index in [0.29, 0.717) is 12.8 Å². The molecule has 0 radical (unpaired) electrons. The first kappa shape index (κ1) is 16.5. The minimum Gasteiger partial charge on any atom is -0.550 e. The Morgan fingerprint density at radius 3 is 2.32 bits per heavy atom. The van der Waals surface area contributed by atoms with Crippen molar-refractivity contribution < 1.29 is 14.7 Å². The van der Waals surface area contributed by atoms with Crippen molar-refractivity contribution in [2.24, 2.45) is 16.7 Å². The average Bonchev–Trinajstić information content (AvgIpc) is 2.71. The number of carboxylic acid groups (broad SMARTS) is 1. The second kappa shape index (κ2) is 5.75. The summed E-state index contributed by atoms with van der Waals surface area (Å²) >= 11 is 0. The van der Waals surface area contributed by atoms with E-state index < -0.39 is 16.8 Å². The molecule has 1 amide bonds. The van der Waals surface area contributed by atoms with Gasteiger partial charge in [-0.2, -0.15) is 0 Å². The third-order valence-corrected chi connectivity index (χ3v) is 5.65. The number of benzene rings is 1. The summed E-state index contributed by atoms with van der Waals surface area (Å²) in [7, 11) is 0. The highest BCUT2D eigenvalue weighted by molar-refractivity contribution is 5.83. The van der Waals surface area contributed by atoms with Crippen molar-refractivity contribution in [3.05, 3.63) is 35.9 Å². The number of carbonyl (C=O) groups excluding carboxylic acids is 2. The van der Waals surface area contributed by atoms with Gasteiger partial charge in [-0.1, -0.05) is 51.1 Å². The van der Waals surface area contributed by atoms with Gasteiger partial charge in [0.15, 0.2) is 0 Å². The molecule has 2 rings (SSSR count). The molecule has 1 aromatic rings. The lowest BCUT2D eigenvalue weighted by atomic mass is 9.65. The van der Waals surface area contributed by atoms with Crippen LogP contribution in [0, 0.1) is 16.7 Å². The van der Waals surface area contributed by atoms with Gasteiger partial charge in [0.2, 0.25) is 5.91 Å². The molecule has 0 saturated heterocycles. The van der Waals surface area contributed by atoms with Crippen LogP contribution in [0.25, 0.3) is 0 Å². The first-order chi connectivity index (χ1) is 10.2. The van der Waals surface area contributed by atoms with Crippen LogP contribution in [0.2, 0.25) is 0 Å². The van der Waals surface area contributed by atoms with Crippen molar-refractivity contribution in [1.29, 1.82) is 0 Å². The summed E-state index contributed by atoms with van der Waals surface area (Å²) in [6.45, 7) is 7.34. The topological polar surface area (TPSA) is 69.2 Å². The molecule has 1 aliphatic carbocycles. The van der Waals surface area contributed by atoms with Crippen molar-refractivity contribution in [3.8, 4) is 0 Å². The van der Waals surface area contributed by atoms with Gasteiger partial charge in [-0.25, -0.2) is 0 Å². The van der Waals surface area contributed by atoms with Crippen LogP contribution in [0.15, 0.2) is 30.3 Å². The van der Waals surface area contributed by atoms with Crippen LogP contribution in [-0.2, 0) is 9.59 Å². The number of carbonyl (C=O) groups is 2. The summed E-state index contributed by atoms with van der Waals surface area (Å²) < 4.78 is 0. The van der Waals surface area contributed by atoms with Crippen molar-refractivity contribution in [2.45, 2.75) is 46.6 Å². The largest absolute Gasteiger partial charge is 0.550 e. The number of hydrogen-bond acceptors (Lipinski definition) is 3. The molecule has 1 fully saturated rings. The van der Waals surface area contributed by atoms with E-state index in [9.17, 15) is 14.7 Å². The van der Waals surface area contributed by atoms with Crippen molar-refractivity contribution in [2.75, 3.05) is 0 Å². The van der Waals surface area contributed by atoms with Crippen molar-refractivity contribution in [3.63, 3.8) is 0 Å². The van der Waals surface area contributed by atoms with E-state index in [0.717, 1.165) is 5.56 Å². The Bertz CT molecular complexity index is 567. The Hall–Kier alpha value is -1.84. The summed E-state index contributed by atoms with van der Waals surface area (Å²) in [5.41, 5.74) is -0.563. The Kier molecular flexibility index (Phi) is 4.32. The van der Waals surface area contributed by atoms with E-state index in [1.54, 1.807) is 6.92 Å². The highest BCUT2D eigenvalue weighted by Gasteiger charge is 2.54. The fourth-order valence-corrected chi connectivity index (χ4v) is 3.46. The molecule has 120 valence electrons. The summed E-state index contributed by atoms with van der Waals surface area (Å²) in [5.74, 6) is -1.46. The second-order valence-electron chi connectivity index (χ2n) is 7.07. The summed E-state index contributed by atoms with van der Waals surface area (Å²) in [6.07, 6.45) is 1.05. The van der Waals surface area contributed by atoms with Crippen molar-refractivity contribution >= 4 is 11.9 Å². The van der Waals surface area contributed by atoms with Gasteiger partial charge >= 0.3 is 0 Å². The summed E-state index contributed by atoms with van der Waals surface area (Å²) in [4.78, 5) is 24.1. The van der Waals surface area contributed by atoms with Gasteiger partial charge in [-0.15, -0.1) is 0 Å². The number of aliphatic carboxylic acids is 1. The van der Waals surface area contributed by atoms with Crippen LogP contribution in [-0.4, -0.2) is 11.9 Å². The fourth-order valence-electron chi connectivity index (χ4n) is 3.46. The molecule has 3 atom stereocenters. The smallest absolute Gasteiger partial charge is 0.224 e. The van der Waals surface area contributed by atoms with E-state index in [1.165, 1.54) is 0 Å². The van der Waals surface area contributed by atoms with Gasteiger partial charge in [-0.05, 0) is 30.7 Å². The van der Waals surface area contributed by atoms with Gasteiger partial charge in [-0.3, -0.25) is 4.79 Å². The molecule has 1 saturated carbocycles. The minimum absolute atomic E-state index is 0.0775. The molecule has 22 heavy (non-hydrogen) atoms. The zero-order chi connectivity index (χ0) is 16.5. The third-order valence-electron chi connectivity index (χ3n) is 5.65.